The molecule has 0 spiro atoms. The van der Waals surface area contributed by atoms with Gasteiger partial charge in [0.2, 0.25) is 0 Å². The molecule has 1 saturated heterocycles. The van der Waals surface area contributed by atoms with Gasteiger partial charge in [0.15, 0.2) is 0 Å². The van der Waals surface area contributed by atoms with Crippen LogP contribution in [0, 0.1) is 6.92 Å². The lowest BCUT2D eigenvalue weighted by molar-refractivity contribution is 0.223. The van der Waals surface area contributed by atoms with Crippen molar-refractivity contribution >= 4 is 10.9 Å². The zero-order valence-electron chi connectivity index (χ0n) is 11.9. The van der Waals surface area contributed by atoms with Crippen LogP contribution in [-0.2, 0) is 6.54 Å². The highest BCUT2D eigenvalue weighted by molar-refractivity contribution is 5.83. The van der Waals surface area contributed by atoms with Gasteiger partial charge in [0.25, 0.3) is 0 Å². The number of likely N-dealkylation sites (tertiary alicyclic amines) is 1. The fraction of sp³-hybridized carbons (Fsp3) is 0.529. The molecule has 0 atom stereocenters. The molecule has 2 heteroatoms. The Labute approximate surface area is 116 Å². The zero-order valence-corrected chi connectivity index (χ0v) is 11.9. The first kappa shape index (κ1) is 12.7. The minimum atomic E-state index is 1.14. The molecule has 0 bridgehead atoms. The topological polar surface area (TPSA) is 8.17 Å². The van der Waals surface area contributed by atoms with Crippen LogP contribution >= 0.6 is 0 Å². The van der Waals surface area contributed by atoms with Crippen LogP contribution in [0.5, 0.6) is 0 Å². The van der Waals surface area contributed by atoms with Crippen LogP contribution in [0.3, 0.4) is 0 Å². The Morgan fingerprint density at radius 1 is 1.00 bits per heavy atom. The van der Waals surface area contributed by atoms with E-state index < -0.39 is 0 Å². The summed E-state index contributed by atoms with van der Waals surface area (Å²) in [7, 11) is 0. The Morgan fingerprint density at radius 3 is 2.63 bits per heavy atom. The standard InChI is InChI=1S/C17H24N2/c1-15-14-19(17-9-4-3-8-16(15)17)13-7-12-18-10-5-2-6-11-18/h3-4,8-9,14H,2,5-7,10-13H2,1H3. The molecule has 0 radical (unpaired) electrons. The van der Waals surface area contributed by atoms with Gasteiger partial charge in [-0.15, -0.1) is 0 Å². The van der Waals surface area contributed by atoms with Crippen molar-refractivity contribution in [1.82, 2.24) is 9.47 Å². The van der Waals surface area contributed by atoms with Gasteiger partial charge in [-0.25, -0.2) is 0 Å². The second-order valence-corrected chi connectivity index (χ2v) is 5.78. The van der Waals surface area contributed by atoms with E-state index in [9.17, 15) is 0 Å². The molecule has 102 valence electrons. The van der Waals surface area contributed by atoms with Crippen LogP contribution in [0.1, 0.15) is 31.2 Å². The van der Waals surface area contributed by atoms with E-state index in [0.29, 0.717) is 0 Å². The van der Waals surface area contributed by atoms with Crippen LogP contribution in [0.4, 0.5) is 0 Å². The lowest BCUT2D eigenvalue weighted by Gasteiger charge is -2.26. The summed E-state index contributed by atoms with van der Waals surface area (Å²) >= 11 is 0. The van der Waals surface area contributed by atoms with Gasteiger partial charge >= 0.3 is 0 Å². The second kappa shape index (κ2) is 5.79. The zero-order chi connectivity index (χ0) is 13.1. The number of para-hydroxylation sites is 1. The van der Waals surface area contributed by atoms with Crippen molar-refractivity contribution in [2.75, 3.05) is 19.6 Å². The maximum atomic E-state index is 2.63. The summed E-state index contributed by atoms with van der Waals surface area (Å²) < 4.78 is 2.43. The van der Waals surface area contributed by atoms with Crippen molar-refractivity contribution in [2.45, 2.75) is 39.2 Å². The quantitative estimate of drug-likeness (QED) is 0.807. The second-order valence-electron chi connectivity index (χ2n) is 5.78. The lowest BCUT2D eigenvalue weighted by atomic mass is 10.1. The van der Waals surface area contributed by atoms with Crippen LogP contribution in [0.25, 0.3) is 10.9 Å². The van der Waals surface area contributed by atoms with Gasteiger partial charge in [0.1, 0.15) is 0 Å². The third-order valence-electron chi connectivity index (χ3n) is 4.31. The largest absolute Gasteiger partial charge is 0.347 e. The third kappa shape index (κ3) is 2.84. The van der Waals surface area contributed by atoms with Gasteiger partial charge in [-0.1, -0.05) is 24.6 Å². The first-order chi connectivity index (χ1) is 9.34. The highest BCUT2D eigenvalue weighted by atomic mass is 15.1. The lowest BCUT2D eigenvalue weighted by Crippen LogP contribution is -2.31. The predicted molar refractivity (Wildman–Crippen MR) is 81.6 cm³/mol. The molecule has 0 unspecified atom stereocenters. The molecule has 1 aliphatic heterocycles. The predicted octanol–water partition coefficient (Wildman–Crippen LogP) is 3.83. The summed E-state index contributed by atoms with van der Waals surface area (Å²) in [4.78, 5) is 2.63. The van der Waals surface area contributed by atoms with Crippen molar-refractivity contribution < 1.29 is 0 Å². The van der Waals surface area contributed by atoms with Crippen molar-refractivity contribution in [1.29, 1.82) is 0 Å². The Hall–Kier alpha value is -1.28. The van der Waals surface area contributed by atoms with E-state index in [0.717, 1.165) is 6.54 Å². The number of aromatic nitrogens is 1. The van der Waals surface area contributed by atoms with E-state index in [2.05, 4.69) is 46.9 Å². The first-order valence-electron chi connectivity index (χ1n) is 7.61. The maximum absolute atomic E-state index is 2.63. The number of nitrogens with zero attached hydrogens (tertiary/aromatic N) is 2. The number of rotatable bonds is 4. The normalized spacial score (nSPS) is 17.1. The molecular weight excluding hydrogens is 232 g/mol. The molecule has 0 aliphatic carbocycles. The minimum Gasteiger partial charge on any atom is -0.347 e. The molecule has 2 aromatic rings. The van der Waals surface area contributed by atoms with Crippen molar-refractivity contribution in [3.05, 3.63) is 36.0 Å². The SMILES string of the molecule is Cc1cn(CCCN2CCCCC2)c2ccccc12. The van der Waals surface area contributed by atoms with Crippen LogP contribution in [0.15, 0.2) is 30.5 Å². The molecule has 19 heavy (non-hydrogen) atoms. The molecule has 1 aliphatic rings. The fourth-order valence-corrected chi connectivity index (χ4v) is 3.26. The summed E-state index contributed by atoms with van der Waals surface area (Å²) in [5.74, 6) is 0. The average molecular weight is 256 g/mol. The molecule has 0 amide bonds. The van der Waals surface area contributed by atoms with E-state index in [1.807, 2.05) is 0 Å². The van der Waals surface area contributed by atoms with Gasteiger partial charge < -0.3 is 9.47 Å². The number of fused-ring (bicyclic) bond motifs is 1. The molecule has 3 rings (SSSR count). The Bertz CT molecular complexity index is 535. The maximum Gasteiger partial charge on any atom is 0.0483 e. The number of aryl methyl sites for hydroxylation is 2. The van der Waals surface area contributed by atoms with E-state index >= 15 is 0 Å². The number of hydrogen-bond donors (Lipinski definition) is 0. The number of piperidine rings is 1. The monoisotopic (exact) mass is 256 g/mol. The van der Waals surface area contributed by atoms with E-state index in [1.165, 1.54) is 61.8 Å². The van der Waals surface area contributed by atoms with Crippen molar-refractivity contribution in [3.63, 3.8) is 0 Å². The Kier molecular flexibility index (Phi) is 3.88. The molecule has 1 aromatic carbocycles. The summed E-state index contributed by atoms with van der Waals surface area (Å²) in [5.41, 5.74) is 2.78. The molecule has 1 fully saturated rings. The van der Waals surface area contributed by atoms with Crippen LogP contribution in [0.2, 0.25) is 0 Å². The van der Waals surface area contributed by atoms with Gasteiger partial charge in [0, 0.05) is 23.6 Å². The average Bonchev–Trinajstić information content (AvgIpc) is 2.78. The highest BCUT2D eigenvalue weighted by Crippen LogP contribution is 2.20. The summed E-state index contributed by atoms with van der Waals surface area (Å²) in [5, 5.41) is 1.40. The van der Waals surface area contributed by atoms with Gasteiger partial charge in [-0.3, -0.25) is 0 Å². The fourth-order valence-electron chi connectivity index (χ4n) is 3.26. The summed E-state index contributed by atoms with van der Waals surface area (Å²) in [6.07, 6.45) is 7.79. The molecule has 0 saturated carbocycles. The smallest absolute Gasteiger partial charge is 0.0483 e. The van der Waals surface area contributed by atoms with Crippen LogP contribution < -0.4 is 0 Å². The molecule has 2 nitrogen and oxygen atoms in total. The van der Waals surface area contributed by atoms with E-state index in [4.69, 9.17) is 0 Å². The Balaban J connectivity index is 1.62. The summed E-state index contributed by atoms with van der Waals surface area (Å²) in [6, 6.07) is 8.74. The number of benzene rings is 1. The molecule has 0 N–H and O–H groups in total. The minimum absolute atomic E-state index is 1.14. The molecule has 2 heterocycles. The number of hydrogen-bond acceptors (Lipinski definition) is 1. The van der Waals surface area contributed by atoms with Gasteiger partial charge in [-0.05, 0) is 57.5 Å². The summed E-state index contributed by atoms with van der Waals surface area (Å²) in [6.45, 7) is 7.23. The van der Waals surface area contributed by atoms with Gasteiger partial charge in [-0.2, -0.15) is 0 Å². The van der Waals surface area contributed by atoms with Crippen molar-refractivity contribution in [3.8, 4) is 0 Å². The highest BCUT2D eigenvalue weighted by Gasteiger charge is 2.10. The third-order valence-corrected chi connectivity index (χ3v) is 4.31. The Morgan fingerprint density at radius 2 is 1.79 bits per heavy atom. The van der Waals surface area contributed by atoms with Crippen LogP contribution in [-0.4, -0.2) is 29.1 Å². The molecular formula is C17H24N2. The van der Waals surface area contributed by atoms with Crippen molar-refractivity contribution in [2.24, 2.45) is 0 Å². The first-order valence-corrected chi connectivity index (χ1v) is 7.61. The van der Waals surface area contributed by atoms with Gasteiger partial charge in [0.05, 0.1) is 0 Å². The van der Waals surface area contributed by atoms with E-state index in [1.54, 1.807) is 0 Å². The van der Waals surface area contributed by atoms with E-state index in [-0.39, 0.29) is 0 Å². The molecule has 1 aromatic heterocycles.